The first-order chi connectivity index (χ1) is 8.69. The summed E-state index contributed by atoms with van der Waals surface area (Å²) in [6.07, 6.45) is 1.02. The standard InChI is InChI=1S/C13H18N2O3/c1-2-17-13(16)6-4-10-8-15-11-7-9(14)3-5-12(11)18-10/h3,5,7,10,15H,2,4,6,8,14H2,1H3/t10-/m0/s1. The summed E-state index contributed by atoms with van der Waals surface area (Å²) >= 11 is 0. The minimum absolute atomic E-state index is 0.00877. The highest BCUT2D eigenvalue weighted by molar-refractivity contribution is 5.69. The van der Waals surface area contributed by atoms with E-state index in [0.717, 1.165) is 11.4 Å². The second kappa shape index (κ2) is 5.62. The maximum Gasteiger partial charge on any atom is 0.305 e. The van der Waals surface area contributed by atoms with E-state index in [1.54, 1.807) is 13.0 Å². The average Bonchev–Trinajstić information content (AvgIpc) is 2.36. The molecule has 0 saturated carbocycles. The molecule has 98 valence electrons. The van der Waals surface area contributed by atoms with Gasteiger partial charge in [0.2, 0.25) is 0 Å². The van der Waals surface area contributed by atoms with E-state index in [4.69, 9.17) is 15.2 Å². The molecule has 5 heteroatoms. The van der Waals surface area contributed by atoms with Crippen LogP contribution in [0.4, 0.5) is 11.4 Å². The first-order valence-electron chi connectivity index (χ1n) is 6.14. The van der Waals surface area contributed by atoms with Crippen molar-refractivity contribution in [3.05, 3.63) is 18.2 Å². The van der Waals surface area contributed by atoms with Gasteiger partial charge in [-0.3, -0.25) is 4.79 Å². The molecular weight excluding hydrogens is 232 g/mol. The van der Waals surface area contributed by atoms with E-state index in [1.165, 1.54) is 0 Å². The minimum Gasteiger partial charge on any atom is -0.486 e. The molecule has 0 fully saturated rings. The summed E-state index contributed by atoms with van der Waals surface area (Å²) in [5.74, 6) is 0.605. The summed E-state index contributed by atoms with van der Waals surface area (Å²) in [6, 6.07) is 5.49. The Morgan fingerprint density at radius 2 is 2.44 bits per heavy atom. The molecule has 1 aromatic carbocycles. The Morgan fingerprint density at radius 3 is 3.22 bits per heavy atom. The largest absolute Gasteiger partial charge is 0.486 e. The fourth-order valence-electron chi connectivity index (χ4n) is 1.91. The predicted molar refractivity (Wildman–Crippen MR) is 69.6 cm³/mol. The second-order valence-electron chi connectivity index (χ2n) is 4.22. The molecule has 0 radical (unpaired) electrons. The smallest absolute Gasteiger partial charge is 0.305 e. The van der Waals surface area contributed by atoms with Crippen LogP contribution in [0.2, 0.25) is 0 Å². The van der Waals surface area contributed by atoms with Crippen LogP contribution < -0.4 is 15.8 Å². The summed E-state index contributed by atoms with van der Waals surface area (Å²) in [4.78, 5) is 11.3. The van der Waals surface area contributed by atoms with Crippen molar-refractivity contribution in [2.24, 2.45) is 0 Å². The number of carbonyl (C=O) groups excluding carboxylic acids is 1. The van der Waals surface area contributed by atoms with Crippen molar-refractivity contribution in [1.29, 1.82) is 0 Å². The van der Waals surface area contributed by atoms with Gasteiger partial charge >= 0.3 is 5.97 Å². The molecule has 1 heterocycles. The van der Waals surface area contributed by atoms with E-state index in [0.29, 0.717) is 31.7 Å². The number of fused-ring (bicyclic) bond motifs is 1. The predicted octanol–water partition coefficient (Wildman–Crippen LogP) is 1.79. The number of anilines is 2. The van der Waals surface area contributed by atoms with E-state index in [9.17, 15) is 4.79 Å². The Kier molecular flexibility index (Phi) is 3.92. The lowest BCUT2D eigenvalue weighted by molar-refractivity contribution is -0.143. The Hall–Kier alpha value is -1.91. The number of benzene rings is 1. The summed E-state index contributed by atoms with van der Waals surface area (Å²) < 4.78 is 10.7. The number of carbonyl (C=O) groups is 1. The van der Waals surface area contributed by atoms with Crippen molar-refractivity contribution in [1.82, 2.24) is 0 Å². The number of ether oxygens (including phenoxy) is 2. The van der Waals surface area contributed by atoms with Gasteiger partial charge in [0.1, 0.15) is 11.9 Å². The number of hydrogen-bond donors (Lipinski definition) is 2. The number of nitrogens with one attached hydrogen (secondary N) is 1. The van der Waals surface area contributed by atoms with Crippen LogP contribution in [0.3, 0.4) is 0 Å². The number of hydrogen-bond acceptors (Lipinski definition) is 5. The van der Waals surface area contributed by atoms with Gasteiger partial charge in [0.15, 0.2) is 0 Å². The molecule has 0 amide bonds. The van der Waals surface area contributed by atoms with E-state index in [2.05, 4.69) is 5.32 Å². The summed E-state index contributed by atoms with van der Waals surface area (Å²) in [6.45, 7) is 2.90. The first kappa shape index (κ1) is 12.5. The Morgan fingerprint density at radius 1 is 1.61 bits per heavy atom. The number of rotatable bonds is 4. The normalized spacial score (nSPS) is 17.3. The molecular formula is C13H18N2O3. The molecule has 0 bridgehead atoms. The minimum atomic E-state index is -0.177. The van der Waals surface area contributed by atoms with Crippen molar-refractivity contribution < 1.29 is 14.3 Å². The molecule has 0 unspecified atom stereocenters. The van der Waals surface area contributed by atoms with Crippen LogP contribution in [0, 0.1) is 0 Å². The summed E-state index contributed by atoms with van der Waals surface area (Å²) in [5, 5.41) is 3.25. The highest BCUT2D eigenvalue weighted by atomic mass is 16.5. The number of nitrogen functional groups attached to an aromatic ring is 1. The molecule has 0 saturated heterocycles. The number of esters is 1. The Labute approximate surface area is 106 Å². The molecule has 0 spiro atoms. The van der Waals surface area contributed by atoms with Gasteiger partial charge < -0.3 is 20.5 Å². The van der Waals surface area contributed by atoms with Crippen LogP contribution in [-0.4, -0.2) is 25.2 Å². The van der Waals surface area contributed by atoms with Crippen LogP contribution in [0.5, 0.6) is 5.75 Å². The molecule has 0 aliphatic carbocycles. The van der Waals surface area contributed by atoms with Gasteiger partial charge in [0.05, 0.1) is 18.8 Å². The van der Waals surface area contributed by atoms with Gasteiger partial charge in [-0.05, 0) is 31.5 Å². The molecule has 0 aromatic heterocycles. The third-order valence-electron chi connectivity index (χ3n) is 2.79. The Bertz CT molecular complexity index is 434. The van der Waals surface area contributed by atoms with Gasteiger partial charge in [-0.2, -0.15) is 0 Å². The van der Waals surface area contributed by atoms with Gasteiger partial charge in [-0.15, -0.1) is 0 Å². The zero-order valence-corrected chi connectivity index (χ0v) is 10.4. The zero-order valence-electron chi connectivity index (χ0n) is 10.4. The molecule has 1 aliphatic heterocycles. The fourth-order valence-corrected chi connectivity index (χ4v) is 1.91. The monoisotopic (exact) mass is 250 g/mol. The topological polar surface area (TPSA) is 73.6 Å². The quantitative estimate of drug-likeness (QED) is 0.629. The van der Waals surface area contributed by atoms with Gasteiger partial charge in [-0.1, -0.05) is 0 Å². The molecule has 1 aromatic rings. The van der Waals surface area contributed by atoms with Crippen molar-refractivity contribution in [2.75, 3.05) is 24.2 Å². The lowest BCUT2D eigenvalue weighted by Gasteiger charge is -2.27. The van der Waals surface area contributed by atoms with Crippen molar-refractivity contribution >= 4 is 17.3 Å². The van der Waals surface area contributed by atoms with Crippen LogP contribution in [0.15, 0.2) is 18.2 Å². The molecule has 18 heavy (non-hydrogen) atoms. The van der Waals surface area contributed by atoms with Crippen molar-refractivity contribution in [2.45, 2.75) is 25.9 Å². The van der Waals surface area contributed by atoms with E-state index >= 15 is 0 Å². The average molecular weight is 250 g/mol. The van der Waals surface area contributed by atoms with Gasteiger partial charge in [0, 0.05) is 12.1 Å². The highest BCUT2D eigenvalue weighted by Gasteiger charge is 2.20. The fraction of sp³-hybridized carbons (Fsp3) is 0.462. The van der Waals surface area contributed by atoms with E-state index in [-0.39, 0.29) is 12.1 Å². The lowest BCUT2D eigenvalue weighted by atomic mass is 10.1. The molecule has 1 aliphatic rings. The third-order valence-corrected chi connectivity index (χ3v) is 2.79. The zero-order chi connectivity index (χ0) is 13.0. The first-order valence-corrected chi connectivity index (χ1v) is 6.14. The third kappa shape index (κ3) is 3.06. The van der Waals surface area contributed by atoms with Crippen LogP contribution in [-0.2, 0) is 9.53 Å². The van der Waals surface area contributed by atoms with Gasteiger partial charge in [-0.25, -0.2) is 0 Å². The molecule has 1 atom stereocenters. The SMILES string of the molecule is CCOC(=O)CC[C@H]1CNc2cc(N)ccc2O1. The van der Waals surface area contributed by atoms with E-state index in [1.807, 2.05) is 12.1 Å². The summed E-state index contributed by atoms with van der Waals surface area (Å²) in [7, 11) is 0. The second-order valence-corrected chi connectivity index (χ2v) is 4.22. The van der Waals surface area contributed by atoms with Gasteiger partial charge in [0.25, 0.3) is 0 Å². The summed E-state index contributed by atoms with van der Waals surface area (Å²) in [5.41, 5.74) is 7.30. The van der Waals surface area contributed by atoms with Crippen molar-refractivity contribution in [3.8, 4) is 5.75 Å². The lowest BCUT2D eigenvalue weighted by Crippen LogP contribution is -2.31. The maximum atomic E-state index is 11.3. The van der Waals surface area contributed by atoms with Crippen LogP contribution >= 0.6 is 0 Å². The number of nitrogens with two attached hydrogens (primary N) is 1. The van der Waals surface area contributed by atoms with Crippen LogP contribution in [0.25, 0.3) is 0 Å². The van der Waals surface area contributed by atoms with Crippen LogP contribution in [0.1, 0.15) is 19.8 Å². The van der Waals surface area contributed by atoms with E-state index < -0.39 is 0 Å². The maximum absolute atomic E-state index is 11.3. The molecule has 3 N–H and O–H groups in total. The Balaban J connectivity index is 1.88. The molecule has 5 nitrogen and oxygen atoms in total. The van der Waals surface area contributed by atoms with Crippen molar-refractivity contribution in [3.63, 3.8) is 0 Å². The highest BCUT2D eigenvalue weighted by Crippen LogP contribution is 2.31. The molecule has 2 rings (SSSR count).